The van der Waals surface area contributed by atoms with Crippen molar-refractivity contribution in [2.75, 3.05) is 11.7 Å². The number of amides is 1. The second-order valence-electron chi connectivity index (χ2n) is 7.14. The lowest BCUT2D eigenvalue weighted by atomic mass is 9.94. The van der Waals surface area contributed by atoms with Crippen molar-refractivity contribution in [2.45, 2.75) is 51.0 Å². The first kappa shape index (κ1) is 18.4. The lowest BCUT2D eigenvalue weighted by molar-refractivity contribution is -0.114. The highest BCUT2D eigenvalue weighted by Gasteiger charge is 2.26. The summed E-state index contributed by atoms with van der Waals surface area (Å²) in [5.41, 5.74) is 1.12. The average Bonchev–Trinajstić information content (AvgIpc) is 3.21. The first-order valence-electron chi connectivity index (χ1n) is 9.93. The highest BCUT2D eigenvalue weighted by molar-refractivity contribution is 6.05. The smallest absolute Gasteiger partial charge is 0.304 e. The molecule has 1 aliphatic carbocycles. The number of nitrogens with zero attached hydrogens (tertiary/aromatic N) is 2. The molecule has 5 heteroatoms. The van der Waals surface area contributed by atoms with E-state index in [0.29, 0.717) is 12.2 Å². The van der Waals surface area contributed by atoms with Crippen molar-refractivity contribution >= 4 is 11.7 Å². The number of benzene rings is 1. The maximum absolute atomic E-state index is 12.9. The number of aromatic nitrogens is 1. The van der Waals surface area contributed by atoms with E-state index in [1.807, 2.05) is 36.4 Å². The Labute approximate surface area is 165 Å². The molecule has 5 nitrogen and oxygen atoms in total. The molecule has 4 rings (SSSR count). The molecule has 2 aromatic rings. The van der Waals surface area contributed by atoms with E-state index in [2.05, 4.69) is 16.8 Å². The molecule has 0 radical (unpaired) electrons. The minimum absolute atomic E-state index is 0.156. The molecule has 1 aromatic carbocycles. The van der Waals surface area contributed by atoms with Gasteiger partial charge >= 0.3 is 5.91 Å². The average molecular weight is 376 g/mol. The Morgan fingerprint density at radius 1 is 1.11 bits per heavy atom. The number of hydrogen-bond donors (Lipinski definition) is 0. The number of fused-ring (bicyclic) bond motifs is 1. The van der Waals surface area contributed by atoms with Gasteiger partial charge in [0.05, 0.1) is 0 Å². The Morgan fingerprint density at radius 3 is 2.79 bits per heavy atom. The molecule has 0 saturated heterocycles. The number of rotatable bonds is 4. The van der Waals surface area contributed by atoms with Crippen LogP contribution in [0.3, 0.4) is 0 Å². The Balaban J connectivity index is 1.41. The highest BCUT2D eigenvalue weighted by atomic mass is 16.7. The fraction of sp³-hybridized carbons (Fsp3) is 0.391. The van der Waals surface area contributed by atoms with Crippen LogP contribution in [-0.4, -0.2) is 23.7 Å². The molecule has 1 aromatic heterocycles. The molecule has 2 aliphatic rings. The van der Waals surface area contributed by atoms with Gasteiger partial charge in [0, 0.05) is 18.7 Å². The van der Waals surface area contributed by atoms with Crippen molar-refractivity contribution in [3.8, 4) is 23.3 Å². The summed E-state index contributed by atoms with van der Waals surface area (Å²) in [5, 5.41) is 0. The Kier molecular flexibility index (Phi) is 5.77. The van der Waals surface area contributed by atoms with Crippen molar-refractivity contribution in [2.24, 2.45) is 0 Å². The second kappa shape index (κ2) is 8.79. The van der Waals surface area contributed by atoms with E-state index in [1.54, 1.807) is 11.1 Å². The molecule has 0 atom stereocenters. The molecule has 0 unspecified atom stereocenters. The number of aryl methyl sites for hydroxylation is 1. The Morgan fingerprint density at radius 2 is 1.96 bits per heavy atom. The maximum Gasteiger partial charge on any atom is 0.304 e. The summed E-state index contributed by atoms with van der Waals surface area (Å²) in [6, 6.07) is 11.8. The first-order valence-corrected chi connectivity index (χ1v) is 9.93. The van der Waals surface area contributed by atoms with Crippen molar-refractivity contribution in [1.82, 2.24) is 4.98 Å². The quantitative estimate of drug-likeness (QED) is 0.754. The van der Waals surface area contributed by atoms with Crippen LogP contribution in [0.2, 0.25) is 0 Å². The topological polar surface area (TPSA) is 51.7 Å². The van der Waals surface area contributed by atoms with Gasteiger partial charge in [0.15, 0.2) is 11.5 Å². The summed E-state index contributed by atoms with van der Waals surface area (Å²) in [4.78, 5) is 19.1. The predicted molar refractivity (Wildman–Crippen MR) is 107 cm³/mol. The largest absolute Gasteiger partial charge is 0.454 e. The molecule has 1 saturated carbocycles. The van der Waals surface area contributed by atoms with E-state index >= 15 is 0 Å². The van der Waals surface area contributed by atoms with Crippen LogP contribution >= 0.6 is 0 Å². The number of anilines is 1. The summed E-state index contributed by atoms with van der Waals surface area (Å²) in [6.07, 6.45) is 8.68. The fourth-order valence-corrected chi connectivity index (χ4v) is 3.79. The van der Waals surface area contributed by atoms with Gasteiger partial charge in [0.25, 0.3) is 0 Å². The zero-order valence-electron chi connectivity index (χ0n) is 15.9. The van der Waals surface area contributed by atoms with Crippen LogP contribution in [0.4, 0.5) is 5.82 Å². The molecule has 0 N–H and O–H groups in total. The van der Waals surface area contributed by atoms with E-state index in [1.165, 1.54) is 6.42 Å². The first-order chi connectivity index (χ1) is 13.8. The molecular weight excluding hydrogens is 352 g/mol. The second-order valence-corrected chi connectivity index (χ2v) is 7.14. The highest BCUT2D eigenvalue weighted by Crippen LogP contribution is 2.32. The van der Waals surface area contributed by atoms with Crippen molar-refractivity contribution in [3.05, 3.63) is 48.2 Å². The summed E-state index contributed by atoms with van der Waals surface area (Å²) < 4.78 is 10.7. The lowest BCUT2D eigenvalue weighted by Crippen LogP contribution is -2.41. The third-order valence-corrected chi connectivity index (χ3v) is 5.23. The molecule has 0 bridgehead atoms. The Bertz CT molecular complexity index is 880. The van der Waals surface area contributed by atoms with E-state index in [-0.39, 0.29) is 18.7 Å². The maximum atomic E-state index is 12.9. The summed E-state index contributed by atoms with van der Waals surface area (Å²) in [6.45, 7) is 0.275. The minimum Gasteiger partial charge on any atom is -0.454 e. The van der Waals surface area contributed by atoms with Gasteiger partial charge in [-0.2, -0.15) is 0 Å². The zero-order chi connectivity index (χ0) is 19.2. The van der Waals surface area contributed by atoms with Gasteiger partial charge in [-0.05, 0) is 55.0 Å². The van der Waals surface area contributed by atoms with Gasteiger partial charge in [0.2, 0.25) is 6.79 Å². The molecule has 2 heterocycles. The minimum atomic E-state index is -0.156. The van der Waals surface area contributed by atoms with Crippen molar-refractivity contribution in [1.29, 1.82) is 0 Å². The monoisotopic (exact) mass is 376 g/mol. The molecule has 1 aliphatic heterocycles. The number of carbonyl (C=O) groups excluding carboxylic acids is 1. The molecular formula is C23H24N2O3. The Hall–Kier alpha value is -3.00. The summed E-state index contributed by atoms with van der Waals surface area (Å²) in [7, 11) is 0. The number of pyridine rings is 1. The number of ether oxygens (including phenoxy) is 2. The van der Waals surface area contributed by atoms with Crippen LogP contribution < -0.4 is 14.4 Å². The van der Waals surface area contributed by atoms with Crippen LogP contribution in [0, 0.1) is 11.8 Å². The molecule has 144 valence electrons. The fourth-order valence-electron chi connectivity index (χ4n) is 3.79. The van der Waals surface area contributed by atoms with Crippen LogP contribution in [0.5, 0.6) is 11.5 Å². The molecule has 0 spiro atoms. The molecule has 28 heavy (non-hydrogen) atoms. The van der Waals surface area contributed by atoms with Crippen LogP contribution in [-0.2, 0) is 11.2 Å². The number of hydrogen-bond acceptors (Lipinski definition) is 4. The summed E-state index contributed by atoms with van der Waals surface area (Å²) in [5.74, 6) is 7.99. The zero-order valence-corrected chi connectivity index (χ0v) is 15.9. The normalized spacial score (nSPS) is 15.6. The van der Waals surface area contributed by atoms with Gasteiger partial charge < -0.3 is 9.47 Å². The van der Waals surface area contributed by atoms with Crippen molar-refractivity contribution in [3.63, 3.8) is 0 Å². The van der Waals surface area contributed by atoms with Gasteiger partial charge in [-0.1, -0.05) is 37.3 Å². The van der Waals surface area contributed by atoms with Crippen LogP contribution in [0.25, 0.3) is 0 Å². The predicted octanol–water partition coefficient (Wildman–Crippen LogP) is 4.11. The lowest BCUT2D eigenvalue weighted by Gasteiger charge is -2.32. The summed E-state index contributed by atoms with van der Waals surface area (Å²) >= 11 is 0. The van der Waals surface area contributed by atoms with Gasteiger partial charge in [-0.25, -0.2) is 4.98 Å². The molecule has 1 amide bonds. The van der Waals surface area contributed by atoms with Gasteiger partial charge in [0.1, 0.15) is 5.82 Å². The SMILES string of the molecule is O=C(C#CCCc1ccc2c(c1)OCO2)N(c1ccccn1)C1CCCCC1. The van der Waals surface area contributed by atoms with E-state index in [0.717, 1.165) is 49.2 Å². The van der Waals surface area contributed by atoms with Crippen molar-refractivity contribution < 1.29 is 14.3 Å². The van der Waals surface area contributed by atoms with Crippen LogP contribution in [0.15, 0.2) is 42.6 Å². The standard InChI is InChI=1S/C23H24N2O3/c26-23(12-5-4-8-18-13-14-20-21(16-18)28-17-27-20)25(19-9-2-1-3-10-19)22-11-6-7-15-24-22/h6-7,11,13-16,19H,1-4,8-10,17H2. The third-order valence-electron chi connectivity index (χ3n) is 5.23. The van der Waals surface area contributed by atoms with E-state index in [9.17, 15) is 4.79 Å². The van der Waals surface area contributed by atoms with E-state index in [4.69, 9.17) is 9.47 Å². The third kappa shape index (κ3) is 4.28. The molecule has 1 fully saturated rings. The number of carbonyl (C=O) groups is 1. The van der Waals surface area contributed by atoms with E-state index < -0.39 is 0 Å². The van der Waals surface area contributed by atoms with Crippen LogP contribution in [0.1, 0.15) is 44.1 Å². The van der Waals surface area contributed by atoms with Gasteiger partial charge in [-0.15, -0.1) is 0 Å². The van der Waals surface area contributed by atoms with Gasteiger partial charge in [-0.3, -0.25) is 9.69 Å².